The molecule has 0 saturated carbocycles. The zero-order chi connectivity index (χ0) is 14.0. The Hall–Kier alpha value is -1.88. The molecule has 0 amide bonds. The van der Waals surface area contributed by atoms with Gasteiger partial charge in [0.1, 0.15) is 5.02 Å². The summed E-state index contributed by atoms with van der Waals surface area (Å²) in [6.45, 7) is 0. The molecule has 0 atom stereocenters. The van der Waals surface area contributed by atoms with E-state index < -0.39 is 33.9 Å². The summed E-state index contributed by atoms with van der Waals surface area (Å²) in [6, 6.07) is 3.13. The first kappa shape index (κ1) is 13.5. The SMILES string of the molecule is Fc1c(F)c(/C=C/c2ccncc2)c(F)c(F)c1Cl. The summed E-state index contributed by atoms with van der Waals surface area (Å²) in [7, 11) is 0. The maximum absolute atomic E-state index is 13.5. The van der Waals surface area contributed by atoms with Gasteiger partial charge in [0.15, 0.2) is 23.3 Å². The summed E-state index contributed by atoms with van der Waals surface area (Å²) in [5, 5.41) is -1.20. The lowest BCUT2D eigenvalue weighted by Gasteiger charge is -2.05. The lowest BCUT2D eigenvalue weighted by molar-refractivity contribution is 0.452. The minimum Gasteiger partial charge on any atom is -0.265 e. The van der Waals surface area contributed by atoms with Gasteiger partial charge in [0.25, 0.3) is 0 Å². The van der Waals surface area contributed by atoms with Crippen molar-refractivity contribution in [3.63, 3.8) is 0 Å². The molecule has 1 aromatic carbocycles. The summed E-state index contributed by atoms with van der Waals surface area (Å²) in [6.07, 6.45) is 5.17. The van der Waals surface area contributed by atoms with Crippen LogP contribution < -0.4 is 0 Å². The molecule has 19 heavy (non-hydrogen) atoms. The number of pyridine rings is 1. The van der Waals surface area contributed by atoms with Crippen LogP contribution in [0.3, 0.4) is 0 Å². The molecule has 6 heteroatoms. The molecule has 98 valence electrons. The summed E-state index contributed by atoms with van der Waals surface area (Å²) >= 11 is 5.11. The van der Waals surface area contributed by atoms with Crippen molar-refractivity contribution in [3.8, 4) is 0 Å². The van der Waals surface area contributed by atoms with Crippen LogP contribution in [0.1, 0.15) is 11.1 Å². The molecule has 1 aromatic heterocycles. The highest BCUT2D eigenvalue weighted by molar-refractivity contribution is 6.31. The van der Waals surface area contributed by atoms with Crippen molar-refractivity contribution in [2.75, 3.05) is 0 Å². The van der Waals surface area contributed by atoms with Gasteiger partial charge in [-0.15, -0.1) is 0 Å². The average Bonchev–Trinajstić information content (AvgIpc) is 2.44. The molecular formula is C13H6ClF4N. The van der Waals surface area contributed by atoms with Crippen LogP contribution in [0.25, 0.3) is 12.2 Å². The highest BCUT2D eigenvalue weighted by atomic mass is 35.5. The van der Waals surface area contributed by atoms with Gasteiger partial charge in [0.05, 0.1) is 5.56 Å². The predicted octanol–water partition coefficient (Wildman–Crippen LogP) is 4.46. The van der Waals surface area contributed by atoms with Crippen molar-refractivity contribution in [1.82, 2.24) is 4.98 Å². The van der Waals surface area contributed by atoms with Gasteiger partial charge in [-0.3, -0.25) is 4.98 Å². The second kappa shape index (κ2) is 5.40. The van der Waals surface area contributed by atoms with Gasteiger partial charge < -0.3 is 0 Å². The largest absolute Gasteiger partial charge is 0.265 e. The van der Waals surface area contributed by atoms with E-state index in [4.69, 9.17) is 11.6 Å². The normalized spacial score (nSPS) is 11.2. The van der Waals surface area contributed by atoms with Crippen molar-refractivity contribution in [1.29, 1.82) is 0 Å². The first-order valence-corrected chi connectivity index (χ1v) is 5.49. The van der Waals surface area contributed by atoms with E-state index in [-0.39, 0.29) is 0 Å². The number of rotatable bonds is 2. The van der Waals surface area contributed by atoms with Crippen LogP contribution in [-0.2, 0) is 0 Å². The fraction of sp³-hybridized carbons (Fsp3) is 0. The first-order valence-electron chi connectivity index (χ1n) is 5.12. The number of nitrogens with zero attached hydrogens (tertiary/aromatic N) is 1. The number of aromatic nitrogens is 1. The third-order valence-electron chi connectivity index (χ3n) is 2.39. The molecular weight excluding hydrogens is 282 g/mol. The molecule has 0 radical (unpaired) electrons. The molecule has 0 N–H and O–H groups in total. The zero-order valence-electron chi connectivity index (χ0n) is 9.30. The number of hydrogen-bond donors (Lipinski definition) is 0. The van der Waals surface area contributed by atoms with Crippen LogP contribution in [0.5, 0.6) is 0 Å². The summed E-state index contributed by atoms with van der Waals surface area (Å²) in [5.74, 6) is -6.30. The number of halogens is 5. The fourth-order valence-electron chi connectivity index (χ4n) is 1.42. The van der Waals surface area contributed by atoms with Gasteiger partial charge in [0.2, 0.25) is 0 Å². The van der Waals surface area contributed by atoms with Crippen LogP contribution in [0.4, 0.5) is 17.6 Å². The Labute approximate surface area is 111 Å². The van der Waals surface area contributed by atoms with Crippen LogP contribution in [0.2, 0.25) is 5.02 Å². The molecule has 2 aromatic rings. The minimum absolute atomic E-state index is 0.574. The molecule has 0 aliphatic rings. The van der Waals surface area contributed by atoms with Gasteiger partial charge in [-0.25, -0.2) is 17.6 Å². The van der Waals surface area contributed by atoms with Gasteiger partial charge in [-0.05, 0) is 23.8 Å². The molecule has 0 unspecified atom stereocenters. The Bertz CT molecular complexity index is 612. The highest BCUT2D eigenvalue weighted by Gasteiger charge is 2.22. The van der Waals surface area contributed by atoms with Crippen molar-refractivity contribution < 1.29 is 17.6 Å². The van der Waals surface area contributed by atoms with Crippen molar-refractivity contribution >= 4 is 23.8 Å². The van der Waals surface area contributed by atoms with Crippen molar-refractivity contribution in [2.45, 2.75) is 0 Å². The first-order chi connectivity index (χ1) is 9.02. The maximum atomic E-state index is 13.5. The second-order valence-corrected chi connectivity index (χ2v) is 3.98. The van der Waals surface area contributed by atoms with Gasteiger partial charge in [-0.2, -0.15) is 0 Å². The fourth-order valence-corrected chi connectivity index (χ4v) is 1.59. The van der Waals surface area contributed by atoms with Crippen molar-refractivity contribution in [3.05, 3.63) is 63.9 Å². The molecule has 0 fully saturated rings. The van der Waals surface area contributed by atoms with Gasteiger partial charge in [0, 0.05) is 12.4 Å². The molecule has 1 heterocycles. The third-order valence-corrected chi connectivity index (χ3v) is 2.72. The Morgan fingerprint density at radius 1 is 0.842 bits per heavy atom. The van der Waals surface area contributed by atoms with E-state index in [1.54, 1.807) is 12.1 Å². The van der Waals surface area contributed by atoms with Crippen LogP contribution in [-0.4, -0.2) is 4.98 Å². The Kier molecular flexibility index (Phi) is 3.85. The topological polar surface area (TPSA) is 12.9 Å². The quantitative estimate of drug-likeness (QED) is 0.451. The molecule has 0 aliphatic heterocycles. The lowest BCUT2D eigenvalue weighted by Crippen LogP contribution is -2.00. The van der Waals surface area contributed by atoms with Crippen LogP contribution >= 0.6 is 11.6 Å². The molecule has 1 nitrogen and oxygen atoms in total. The second-order valence-electron chi connectivity index (χ2n) is 3.60. The van der Waals surface area contributed by atoms with E-state index in [1.165, 1.54) is 18.5 Å². The predicted molar refractivity (Wildman–Crippen MR) is 64.4 cm³/mol. The van der Waals surface area contributed by atoms with Crippen LogP contribution in [0, 0.1) is 23.3 Å². The molecule has 0 saturated heterocycles. The Balaban J connectivity index is 2.50. The smallest absolute Gasteiger partial charge is 0.181 e. The van der Waals surface area contributed by atoms with Crippen LogP contribution in [0.15, 0.2) is 24.5 Å². The van der Waals surface area contributed by atoms with E-state index >= 15 is 0 Å². The summed E-state index contributed by atoms with van der Waals surface area (Å²) in [5.41, 5.74) is -0.249. The summed E-state index contributed by atoms with van der Waals surface area (Å²) in [4.78, 5) is 3.76. The minimum atomic E-state index is -1.62. The molecule has 2 rings (SSSR count). The van der Waals surface area contributed by atoms with E-state index in [0.717, 1.165) is 6.08 Å². The van der Waals surface area contributed by atoms with E-state index in [2.05, 4.69) is 4.98 Å². The average molecular weight is 288 g/mol. The number of benzene rings is 1. The highest BCUT2D eigenvalue weighted by Crippen LogP contribution is 2.28. The van der Waals surface area contributed by atoms with E-state index in [1.807, 2.05) is 0 Å². The molecule has 0 spiro atoms. The third kappa shape index (κ3) is 2.61. The van der Waals surface area contributed by atoms with E-state index in [0.29, 0.717) is 5.56 Å². The summed E-state index contributed by atoms with van der Waals surface area (Å²) < 4.78 is 53.4. The van der Waals surface area contributed by atoms with E-state index in [9.17, 15) is 17.6 Å². The standard InChI is InChI=1S/C13H6ClF4N/c14-9-12(17)10(15)8(11(16)13(9)18)2-1-7-3-5-19-6-4-7/h1-6H/b2-1+. The number of hydrogen-bond acceptors (Lipinski definition) is 1. The Morgan fingerprint density at radius 3 is 1.89 bits per heavy atom. The van der Waals surface area contributed by atoms with Gasteiger partial charge in [-0.1, -0.05) is 17.7 Å². The maximum Gasteiger partial charge on any atom is 0.181 e. The molecule has 0 bridgehead atoms. The Morgan fingerprint density at radius 2 is 1.37 bits per heavy atom. The lowest BCUT2D eigenvalue weighted by atomic mass is 10.1. The van der Waals surface area contributed by atoms with Gasteiger partial charge >= 0.3 is 0 Å². The van der Waals surface area contributed by atoms with Crippen molar-refractivity contribution in [2.24, 2.45) is 0 Å². The molecule has 0 aliphatic carbocycles. The monoisotopic (exact) mass is 287 g/mol. The zero-order valence-corrected chi connectivity index (χ0v) is 10.1.